The van der Waals surface area contributed by atoms with Crippen molar-refractivity contribution in [3.05, 3.63) is 69.5 Å². The summed E-state index contributed by atoms with van der Waals surface area (Å²) >= 11 is 6.77. The van der Waals surface area contributed by atoms with Crippen LogP contribution in [0.2, 0.25) is 0 Å². The summed E-state index contributed by atoms with van der Waals surface area (Å²) in [6.07, 6.45) is 5.28. The highest BCUT2D eigenvalue weighted by Gasteiger charge is 2.35. The number of thioether (sulfide) groups is 1. The van der Waals surface area contributed by atoms with Gasteiger partial charge in [0.05, 0.1) is 30.2 Å². The highest BCUT2D eigenvalue weighted by atomic mass is 32.2. The van der Waals surface area contributed by atoms with Gasteiger partial charge in [0.2, 0.25) is 0 Å². The summed E-state index contributed by atoms with van der Waals surface area (Å²) in [5.74, 6) is 1.22. The van der Waals surface area contributed by atoms with Crippen molar-refractivity contribution in [2.24, 2.45) is 0 Å². The third-order valence-electron chi connectivity index (χ3n) is 7.32. The van der Waals surface area contributed by atoms with Crippen molar-refractivity contribution in [3.8, 4) is 5.75 Å². The fourth-order valence-corrected chi connectivity index (χ4v) is 6.47. The van der Waals surface area contributed by atoms with Gasteiger partial charge < -0.3 is 19.3 Å². The molecule has 5 heterocycles. The molecule has 1 aromatic carbocycles. The molecule has 0 N–H and O–H groups in total. The third-order valence-corrected chi connectivity index (χ3v) is 8.70. The highest BCUT2D eigenvalue weighted by molar-refractivity contribution is 8.26. The summed E-state index contributed by atoms with van der Waals surface area (Å²) < 4.78 is 13.0. The molecule has 39 heavy (non-hydrogen) atoms. The maximum absolute atomic E-state index is 13.7. The molecule has 9 nitrogen and oxygen atoms in total. The van der Waals surface area contributed by atoms with Crippen molar-refractivity contribution >= 4 is 57.4 Å². The van der Waals surface area contributed by atoms with Crippen LogP contribution in [0.4, 0.5) is 11.5 Å². The lowest BCUT2D eigenvalue weighted by Gasteiger charge is -2.37. The molecule has 1 amide bonds. The van der Waals surface area contributed by atoms with Crippen LogP contribution in [0.5, 0.6) is 5.75 Å². The first-order valence-electron chi connectivity index (χ1n) is 13.0. The Kier molecular flexibility index (Phi) is 7.28. The van der Waals surface area contributed by atoms with E-state index in [1.807, 2.05) is 24.3 Å². The quantitative estimate of drug-likeness (QED) is 0.331. The van der Waals surface area contributed by atoms with E-state index in [2.05, 4.69) is 21.9 Å². The topological polar surface area (TPSA) is 79.6 Å². The lowest BCUT2D eigenvalue weighted by molar-refractivity contribution is -0.123. The van der Waals surface area contributed by atoms with E-state index in [0.717, 1.165) is 37.4 Å². The van der Waals surface area contributed by atoms with E-state index >= 15 is 0 Å². The summed E-state index contributed by atoms with van der Waals surface area (Å²) in [6, 6.07) is 13.5. The van der Waals surface area contributed by atoms with Crippen molar-refractivity contribution < 1.29 is 14.3 Å². The van der Waals surface area contributed by atoms with Crippen molar-refractivity contribution in [3.63, 3.8) is 0 Å². The number of nitrogens with zero attached hydrogens (tertiary/aromatic N) is 5. The van der Waals surface area contributed by atoms with Gasteiger partial charge in [0, 0.05) is 44.7 Å². The van der Waals surface area contributed by atoms with E-state index < -0.39 is 0 Å². The molecule has 3 aliphatic rings. The zero-order valence-corrected chi connectivity index (χ0v) is 23.2. The molecule has 1 atom stereocenters. The number of carbonyl (C=O) groups excluding carboxylic acids is 1. The minimum absolute atomic E-state index is 0.00244. The molecule has 3 aromatic rings. The predicted molar refractivity (Wildman–Crippen MR) is 158 cm³/mol. The molecule has 6 rings (SSSR count). The molecule has 0 saturated carbocycles. The van der Waals surface area contributed by atoms with Crippen LogP contribution < -0.4 is 20.1 Å². The van der Waals surface area contributed by atoms with Crippen LogP contribution in [0.1, 0.15) is 18.4 Å². The number of amides is 1. The van der Waals surface area contributed by atoms with Crippen LogP contribution in [-0.2, 0) is 9.53 Å². The molecule has 2 aromatic heterocycles. The predicted octanol–water partition coefficient (Wildman–Crippen LogP) is 3.41. The average Bonchev–Trinajstić information content (AvgIpc) is 3.58. The maximum atomic E-state index is 13.7. The van der Waals surface area contributed by atoms with Crippen LogP contribution >= 0.6 is 24.0 Å². The number of anilines is 2. The summed E-state index contributed by atoms with van der Waals surface area (Å²) in [5.41, 5.74) is 1.88. The molecule has 0 bridgehead atoms. The average molecular weight is 564 g/mol. The number of rotatable bonds is 6. The Morgan fingerprint density at radius 2 is 1.87 bits per heavy atom. The van der Waals surface area contributed by atoms with E-state index in [9.17, 15) is 9.59 Å². The number of carbonyl (C=O) groups is 1. The molecular weight excluding hydrogens is 534 g/mol. The normalized spacial score (nSPS) is 21.0. The maximum Gasteiger partial charge on any atom is 0.267 e. The van der Waals surface area contributed by atoms with Crippen LogP contribution in [0, 0.1) is 0 Å². The second-order valence-corrected chi connectivity index (χ2v) is 11.4. The van der Waals surface area contributed by atoms with E-state index in [1.54, 1.807) is 30.3 Å². The largest absolute Gasteiger partial charge is 0.497 e. The van der Waals surface area contributed by atoms with Gasteiger partial charge in [0.25, 0.3) is 11.5 Å². The summed E-state index contributed by atoms with van der Waals surface area (Å²) in [5, 5.41) is 0. The fourth-order valence-electron chi connectivity index (χ4n) is 5.21. The highest BCUT2D eigenvalue weighted by Crippen LogP contribution is 2.34. The van der Waals surface area contributed by atoms with E-state index in [1.165, 1.54) is 16.2 Å². The number of piperazine rings is 1. The van der Waals surface area contributed by atoms with Gasteiger partial charge in [-0.1, -0.05) is 30.0 Å². The molecule has 11 heteroatoms. The van der Waals surface area contributed by atoms with E-state index in [-0.39, 0.29) is 17.6 Å². The van der Waals surface area contributed by atoms with Crippen molar-refractivity contribution in [2.75, 3.05) is 56.2 Å². The Balaban J connectivity index is 1.30. The van der Waals surface area contributed by atoms with Crippen LogP contribution in [0.3, 0.4) is 0 Å². The number of benzene rings is 1. The van der Waals surface area contributed by atoms with Crippen LogP contribution in [-0.4, -0.2) is 77.1 Å². The Morgan fingerprint density at radius 3 is 2.59 bits per heavy atom. The first kappa shape index (κ1) is 25.8. The zero-order valence-electron chi connectivity index (χ0n) is 21.6. The van der Waals surface area contributed by atoms with E-state index in [0.29, 0.717) is 52.5 Å². The van der Waals surface area contributed by atoms with Gasteiger partial charge in [-0.25, -0.2) is 4.98 Å². The fraction of sp³-hybridized carbons (Fsp3) is 0.357. The van der Waals surface area contributed by atoms with Gasteiger partial charge in [-0.15, -0.1) is 0 Å². The van der Waals surface area contributed by atoms with Crippen LogP contribution in [0.15, 0.2) is 58.4 Å². The Labute approximate surface area is 236 Å². The smallest absolute Gasteiger partial charge is 0.267 e. The molecule has 0 radical (unpaired) electrons. The molecule has 0 unspecified atom stereocenters. The number of hydrogen-bond donors (Lipinski definition) is 0. The molecule has 0 aliphatic carbocycles. The monoisotopic (exact) mass is 563 g/mol. The minimum atomic E-state index is -0.211. The lowest BCUT2D eigenvalue weighted by atomic mass is 10.2. The van der Waals surface area contributed by atoms with Crippen LogP contribution in [0.25, 0.3) is 11.7 Å². The number of hydrogen-bond acceptors (Lipinski definition) is 9. The summed E-state index contributed by atoms with van der Waals surface area (Å²) in [7, 11) is 1.66. The number of aromatic nitrogens is 2. The number of methoxy groups -OCH3 is 1. The molecule has 0 spiro atoms. The van der Waals surface area contributed by atoms with Gasteiger partial charge >= 0.3 is 0 Å². The standard InChI is InChI=1S/C28H29N5O4S2/c1-36-20-9-7-19(8-10-20)30-12-14-31(15-13-30)25-22(26(34)32-11-3-2-6-24(32)29-25)17-23-27(35)33(28(38)39-23)18-21-5-4-16-37-21/h2-3,6-11,17,21H,4-5,12-16,18H2,1H3/b23-17+/t21-/m1/s1. The molecule has 3 fully saturated rings. The van der Waals surface area contributed by atoms with Crippen molar-refractivity contribution in [1.82, 2.24) is 14.3 Å². The van der Waals surface area contributed by atoms with E-state index in [4.69, 9.17) is 26.7 Å². The molecule has 3 saturated heterocycles. The minimum Gasteiger partial charge on any atom is -0.497 e. The SMILES string of the molecule is COc1ccc(N2CCN(c3nc4ccccn4c(=O)c3/C=C3/SC(=S)N(C[C@H]4CCCO4)C3=O)CC2)cc1. The number of pyridine rings is 1. The van der Waals surface area contributed by atoms with Gasteiger partial charge in [-0.05, 0) is 55.3 Å². The van der Waals surface area contributed by atoms with Crippen molar-refractivity contribution in [1.29, 1.82) is 0 Å². The summed E-state index contributed by atoms with van der Waals surface area (Å²) in [6.45, 7) is 4.06. The first-order valence-corrected chi connectivity index (χ1v) is 14.3. The molecular formula is C28H29N5O4S2. The third kappa shape index (κ3) is 5.13. The Hall–Kier alpha value is -3.41. The van der Waals surface area contributed by atoms with Crippen molar-refractivity contribution in [2.45, 2.75) is 18.9 Å². The Morgan fingerprint density at radius 1 is 1.10 bits per heavy atom. The zero-order chi connectivity index (χ0) is 26.9. The first-order chi connectivity index (χ1) is 19.0. The van der Waals surface area contributed by atoms with Gasteiger partial charge in [-0.2, -0.15) is 0 Å². The van der Waals surface area contributed by atoms with Gasteiger partial charge in [-0.3, -0.25) is 18.9 Å². The number of fused-ring (bicyclic) bond motifs is 1. The number of ether oxygens (including phenoxy) is 2. The summed E-state index contributed by atoms with van der Waals surface area (Å²) in [4.78, 5) is 38.4. The second-order valence-electron chi connectivity index (χ2n) is 9.68. The number of thiocarbonyl (C=S) groups is 1. The lowest BCUT2D eigenvalue weighted by Crippen LogP contribution is -2.47. The Bertz CT molecular complexity index is 1490. The molecule has 202 valence electrons. The van der Waals surface area contributed by atoms with Gasteiger partial charge in [0.1, 0.15) is 21.5 Å². The van der Waals surface area contributed by atoms with Gasteiger partial charge in [0.15, 0.2) is 0 Å². The molecule has 3 aliphatic heterocycles. The second kappa shape index (κ2) is 11.0.